The van der Waals surface area contributed by atoms with Crippen molar-refractivity contribution in [2.45, 2.75) is 51.7 Å². The van der Waals surface area contributed by atoms with Crippen molar-refractivity contribution >= 4 is 22.6 Å². The van der Waals surface area contributed by atoms with Gasteiger partial charge in [-0.2, -0.15) is 0 Å². The van der Waals surface area contributed by atoms with Crippen molar-refractivity contribution in [1.82, 2.24) is 14.5 Å². The number of nitrogens with zero attached hydrogens (tertiary/aromatic N) is 3. The van der Waals surface area contributed by atoms with Gasteiger partial charge in [0.2, 0.25) is 0 Å². The largest absolute Gasteiger partial charge is 0.322 e. The maximum absolute atomic E-state index is 13.9. The Hall–Kier alpha value is -3.93. The molecule has 2 amide bonds. The van der Waals surface area contributed by atoms with Crippen LogP contribution >= 0.6 is 0 Å². The number of fused-ring (bicyclic) bond motifs is 2. The van der Waals surface area contributed by atoms with E-state index >= 15 is 0 Å². The SMILES string of the molecule is CCCc1ccccc1NC(=O)N(C(C)c1ccccc1)C1CCn2c1nc1ccccc1c2=O. The fraction of sp³-hybridized carbons (Fsp3) is 0.276. The Bertz CT molecular complexity index is 1410. The third-order valence-corrected chi connectivity index (χ3v) is 6.86. The number of hydrogen-bond acceptors (Lipinski definition) is 3. The van der Waals surface area contributed by atoms with E-state index in [0.29, 0.717) is 29.7 Å². The van der Waals surface area contributed by atoms with Crippen LogP contribution < -0.4 is 10.9 Å². The number of rotatable bonds is 6. The van der Waals surface area contributed by atoms with Gasteiger partial charge in [-0.05, 0) is 49.1 Å². The molecule has 0 fully saturated rings. The fourth-order valence-electron chi connectivity index (χ4n) is 5.09. The van der Waals surface area contributed by atoms with Gasteiger partial charge >= 0.3 is 6.03 Å². The highest BCUT2D eigenvalue weighted by Gasteiger charge is 2.37. The van der Waals surface area contributed by atoms with Crippen LogP contribution in [0.3, 0.4) is 0 Å². The van der Waals surface area contributed by atoms with E-state index in [1.807, 2.05) is 84.6 Å². The molecular weight excluding hydrogens is 436 g/mol. The highest BCUT2D eigenvalue weighted by Crippen LogP contribution is 2.37. The monoisotopic (exact) mass is 466 g/mol. The number of carbonyl (C=O) groups excluding carboxylic acids is 1. The van der Waals surface area contributed by atoms with Gasteiger partial charge in [0.15, 0.2) is 0 Å². The smallest absolute Gasteiger partial charge is 0.308 e. The average molecular weight is 467 g/mol. The van der Waals surface area contributed by atoms with Crippen LogP contribution in [0.5, 0.6) is 0 Å². The van der Waals surface area contributed by atoms with Crippen LogP contribution in [-0.4, -0.2) is 20.5 Å². The molecule has 0 bridgehead atoms. The minimum absolute atomic E-state index is 0.0471. The van der Waals surface area contributed by atoms with E-state index in [1.165, 1.54) is 0 Å². The summed E-state index contributed by atoms with van der Waals surface area (Å²) in [6.07, 6.45) is 2.52. The van der Waals surface area contributed by atoms with E-state index in [1.54, 1.807) is 4.57 Å². The molecule has 35 heavy (non-hydrogen) atoms. The lowest BCUT2D eigenvalue weighted by Gasteiger charge is -2.34. The topological polar surface area (TPSA) is 67.2 Å². The van der Waals surface area contributed by atoms with E-state index in [9.17, 15) is 9.59 Å². The molecule has 1 aliphatic heterocycles. The second-order valence-electron chi connectivity index (χ2n) is 9.08. The molecule has 3 aromatic carbocycles. The first-order chi connectivity index (χ1) is 17.1. The Morgan fingerprint density at radius 1 is 1.06 bits per heavy atom. The van der Waals surface area contributed by atoms with Crippen LogP contribution in [0.25, 0.3) is 10.9 Å². The van der Waals surface area contributed by atoms with E-state index in [2.05, 4.69) is 18.3 Å². The Kier molecular flexibility index (Phi) is 6.36. The maximum Gasteiger partial charge on any atom is 0.322 e. The highest BCUT2D eigenvalue weighted by molar-refractivity contribution is 5.91. The molecule has 178 valence electrons. The zero-order valence-corrected chi connectivity index (χ0v) is 20.1. The highest BCUT2D eigenvalue weighted by atomic mass is 16.2. The summed E-state index contributed by atoms with van der Waals surface area (Å²) in [6, 6.07) is 24.7. The van der Waals surface area contributed by atoms with E-state index in [4.69, 9.17) is 4.98 Å². The second kappa shape index (κ2) is 9.74. The predicted molar refractivity (Wildman–Crippen MR) is 140 cm³/mol. The van der Waals surface area contributed by atoms with Crippen LogP contribution in [0, 0.1) is 0 Å². The minimum Gasteiger partial charge on any atom is -0.308 e. The van der Waals surface area contributed by atoms with Gasteiger partial charge in [-0.3, -0.25) is 9.36 Å². The van der Waals surface area contributed by atoms with Crippen LogP contribution in [0.15, 0.2) is 83.7 Å². The molecule has 5 rings (SSSR count). The van der Waals surface area contributed by atoms with Crippen LogP contribution in [0.1, 0.15) is 55.7 Å². The summed E-state index contributed by atoms with van der Waals surface area (Å²) in [5.41, 5.74) is 3.59. The van der Waals surface area contributed by atoms with Gasteiger partial charge in [-0.15, -0.1) is 0 Å². The molecule has 2 unspecified atom stereocenters. The lowest BCUT2D eigenvalue weighted by atomic mass is 10.0. The Labute approximate surface area is 205 Å². The van der Waals surface area contributed by atoms with Gasteiger partial charge in [-0.25, -0.2) is 9.78 Å². The third-order valence-electron chi connectivity index (χ3n) is 6.86. The van der Waals surface area contributed by atoms with Crippen LogP contribution in [0.4, 0.5) is 10.5 Å². The number of benzene rings is 3. The van der Waals surface area contributed by atoms with Gasteiger partial charge in [0.1, 0.15) is 5.82 Å². The molecule has 2 atom stereocenters. The van der Waals surface area contributed by atoms with Gasteiger partial charge in [-0.1, -0.05) is 74.0 Å². The number of anilines is 1. The lowest BCUT2D eigenvalue weighted by molar-refractivity contribution is 0.159. The van der Waals surface area contributed by atoms with Crippen molar-refractivity contribution in [2.24, 2.45) is 0 Å². The molecule has 0 radical (unpaired) electrons. The van der Waals surface area contributed by atoms with Crippen LogP contribution in [0.2, 0.25) is 0 Å². The van der Waals surface area contributed by atoms with Gasteiger partial charge in [0, 0.05) is 12.2 Å². The quantitative estimate of drug-likeness (QED) is 0.374. The summed E-state index contributed by atoms with van der Waals surface area (Å²) in [6.45, 7) is 4.70. The number of aromatic nitrogens is 2. The van der Waals surface area contributed by atoms with Crippen molar-refractivity contribution in [1.29, 1.82) is 0 Å². The first-order valence-corrected chi connectivity index (χ1v) is 12.3. The molecule has 0 saturated carbocycles. The van der Waals surface area contributed by atoms with Crippen LogP contribution in [-0.2, 0) is 13.0 Å². The molecule has 4 aromatic rings. The Balaban J connectivity index is 1.57. The predicted octanol–water partition coefficient (Wildman–Crippen LogP) is 6.09. The van der Waals surface area contributed by atoms with Gasteiger partial charge < -0.3 is 10.2 Å². The number of aryl methyl sites for hydroxylation is 1. The zero-order valence-electron chi connectivity index (χ0n) is 20.1. The standard InChI is InChI=1S/C29H30N4O2/c1-3-11-22-14-7-9-16-24(22)31-29(35)33(20(2)21-12-5-4-6-13-21)26-18-19-32-27(26)30-25-17-10-8-15-23(25)28(32)34/h4-10,12-17,20,26H,3,11,18-19H2,1-2H3,(H,31,35). The van der Waals surface area contributed by atoms with E-state index < -0.39 is 0 Å². The number of para-hydroxylation sites is 2. The van der Waals surface area contributed by atoms with Gasteiger partial charge in [0.05, 0.1) is 23.0 Å². The molecule has 0 spiro atoms. The van der Waals surface area contributed by atoms with Crippen molar-refractivity contribution in [3.8, 4) is 0 Å². The molecule has 1 aromatic heterocycles. The summed E-state index contributed by atoms with van der Waals surface area (Å²) < 4.78 is 1.73. The van der Waals surface area contributed by atoms with Crippen molar-refractivity contribution < 1.29 is 4.79 Å². The summed E-state index contributed by atoms with van der Waals surface area (Å²) >= 11 is 0. The number of urea groups is 1. The number of hydrogen-bond donors (Lipinski definition) is 1. The Morgan fingerprint density at radius 2 is 1.77 bits per heavy atom. The molecule has 6 nitrogen and oxygen atoms in total. The van der Waals surface area contributed by atoms with E-state index in [-0.39, 0.29) is 23.7 Å². The number of carbonyl (C=O) groups is 1. The maximum atomic E-state index is 13.9. The summed E-state index contributed by atoms with van der Waals surface area (Å²) in [5, 5.41) is 3.79. The lowest BCUT2D eigenvalue weighted by Crippen LogP contribution is -2.40. The molecule has 6 heteroatoms. The molecule has 1 aliphatic rings. The zero-order chi connectivity index (χ0) is 24.4. The summed E-state index contributed by atoms with van der Waals surface area (Å²) in [5.74, 6) is 0.647. The number of amides is 2. The summed E-state index contributed by atoms with van der Waals surface area (Å²) in [7, 11) is 0. The first-order valence-electron chi connectivity index (χ1n) is 12.3. The first kappa shape index (κ1) is 22.8. The van der Waals surface area contributed by atoms with Crippen molar-refractivity contribution in [3.05, 3.63) is 106 Å². The minimum atomic E-state index is -0.319. The molecule has 1 N–H and O–H groups in total. The number of nitrogens with one attached hydrogen (secondary N) is 1. The molecule has 0 saturated heterocycles. The molecular formula is C29H30N4O2. The molecule has 0 aliphatic carbocycles. The summed E-state index contributed by atoms with van der Waals surface area (Å²) in [4.78, 5) is 33.9. The van der Waals surface area contributed by atoms with E-state index in [0.717, 1.165) is 29.7 Å². The average Bonchev–Trinajstić information content (AvgIpc) is 3.30. The van der Waals surface area contributed by atoms with Crippen molar-refractivity contribution in [2.75, 3.05) is 5.32 Å². The molecule has 2 heterocycles. The Morgan fingerprint density at radius 3 is 2.57 bits per heavy atom. The fourth-order valence-corrected chi connectivity index (χ4v) is 5.09. The van der Waals surface area contributed by atoms with Gasteiger partial charge in [0.25, 0.3) is 5.56 Å². The second-order valence-corrected chi connectivity index (χ2v) is 9.08. The third kappa shape index (κ3) is 4.32. The normalized spacial score (nSPS) is 15.5. The van der Waals surface area contributed by atoms with Crippen molar-refractivity contribution in [3.63, 3.8) is 0 Å².